The van der Waals surface area contributed by atoms with E-state index in [0.29, 0.717) is 23.9 Å². The second-order valence-corrected chi connectivity index (χ2v) is 9.32. The number of carbonyl (C=O) groups excluding carboxylic acids is 1. The first-order valence-corrected chi connectivity index (χ1v) is 11.2. The third-order valence-corrected chi connectivity index (χ3v) is 7.64. The largest absolute Gasteiger partial charge is 0.497 e. The van der Waals surface area contributed by atoms with Crippen molar-refractivity contribution in [1.29, 1.82) is 0 Å². The second kappa shape index (κ2) is 7.73. The van der Waals surface area contributed by atoms with E-state index in [9.17, 15) is 4.79 Å². The van der Waals surface area contributed by atoms with Gasteiger partial charge in [-0.05, 0) is 62.1 Å². The van der Waals surface area contributed by atoms with Gasteiger partial charge >= 0.3 is 0 Å². The van der Waals surface area contributed by atoms with Gasteiger partial charge < -0.3 is 9.64 Å². The van der Waals surface area contributed by atoms with E-state index < -0.39 is 0 Å². The maximum absolute atomic E-state index is 13.2. The summed E-state index contributed by atoms with van der Waals surface area (Å²) in [5, 5.41) is 4.28. The summed E-state index contributed by atoms with van der Waals surface area (Å²) in [6.07, 6.45) is 6.72. The molecule has 2 bridgehead atoms. The zero-order valence-electron chi connectivity index (χ0n) is 18.3. The Bertz CT molecular complexity index is 922. The summed E-state index contributed by atoms with van der Waals surface area (Å²) >= 11 is 0. The van der Waals surface area contributed by atoms with Crippen LogP contribution in [0.5, 0.6) is 5.75 Å². The molecule has 6 heteroatoms. The maximum Gasteiger partial charge on any atom is 0.257 e. The van der Waals surface area contributed by atoms with Crippen molar-refractivity contribution in [2.24, 2.45) is 18.9 Å². The Balaban J connectivity index is 1.35. The molecule has 1 aromatic heterocycles. The van der Waals surface area contributed by atoms with Crippen LogP contribution in [-0.4, -0.2) is 58.3 Å². The molecule has 0 saturated carbocycles. The summed E-state index contributed by atoms with van der Waals surface area (Å²) in [4.78, 5) is 18.1. The van der Waals surface area contributed by atoms with Gasteiger partial charge in [0.2, 0.25) is 0 Å². The first-order valence-electron chi connectivity index (χ1n) is 11.2. The van der Waals surface area contributed by atoms with Crippen LogP contribution in [0.2, 0.25) is 0 Å². The molecule has 30 heavy (non-hydrogen) atoms. The number of carbonyl (C=O) groups is 1. The average Bonchev–Trinajstić information content (AvgIpc) is 3.11. The molecule has 4 atom stereocenters. The Hall–Kier alpha value is -2.34. The standard InChI is InChI=1S/C24H32N4O2/c1-16-21(12-25-26(16)2)24(29)27-13-17-11-19(15-27)23-6-4-5-22(28(23)14-17)18-7-9-20(30-3)10-8-18/h7-10,12,17,19,22-23H,4-6,11,13-15H2,1-3H3/t17-,19+,22+,23-/m0/s1. The van der Waals surface area contributed by atoms with E-state index >= 15 is 0 Å². The van der Waals surface area contributed by atoms with Gasteiger partial charge in [0.1, 0.15) is 5.75 Å². The molecule has 3 aliphatic heterocycles. The number of aryl methyl sites for hydroxylation is 1. The first kappa shape index (κ1) is 19.6. The smallest absolute Gasteiger partial charge is 0.257 e. The minimum Gasteiger partial charge on any atom is -0.497 e. The molecule has 0 N–H and O–H groups in total. The minimum atomic E-state index is 0.159. The van der Waals surface area contributed by atoms with Gasteiger partial charge in [-0.3, -0.25) is 14.4 Å². The minimum absolute atomic E-state index is 0.159. The fourth-order valence-corrected chi connectivity index (χ4v) is 6.04. The summed E-state index contributed by atoms with van der Waals surface area (Å²) in [5.41, 5.74) is 3.11. The van der Waals surface area contributed by atoms with Crippen molar-refractivity contribution in [3.8, 4) is 5.75 Å². The van der Waals surface area contributed by atoms with Crippen LogP contribution in [0.1, 0.15) is 53.3 Å². The fraction of sp³-hybridized carbons (Fsp3) is 0.583. The SMILES string of the molecule is COc1ccc([C@H]2CCC[C@H]3[C@@H]4C[C@@H](CN(C(=O)c5cnn(C)c5C)C4)CN23)cc1. The molecule has 0 unspecified atom stereocenters. The predicted molar refractivity (Wildman–Crippen MR) is 116 cm³/mol. The molecule has 1 aromatic carbocycles. The molecule has 1 amide bonds. The third kappa shape index (κ3) is 3.31. The number of nitrogens with zero attached hydrogens (tertiary/aromatic N) is 4. The zero-order chi connectivity index (χ0) is 20.8. The summed E-state index contributed by atoms with van der Waals surface area (Å²) in [6, 6.07) is 9.70. The lowest BCUT2D eigenvalue weighted by molar-refractivity contribution is -0.0511. The molecule has 2 aromatic rings. The molecule has 0 spiro atoms. The van der Waals surface area contributed by atoms with E-state index in [0.717, 1.165) is 36.6 Å². The van der Waals surface area contributed by atoms with Crippen molar-refractivity contribution >= 4 is 5.91 Å². The van der Waals surface area contributed by atoms with Gasteiger partial charge in [-0.2, -0.15) is 5.10 Å². The monoisotopic (exact) mass is 408 g/mol. The quantitative estimate of drug-likeness (QED) is 0.781. The van der Waals surface area contributed by atoms with Crippen molar-refractivity contribution in [2.75, 3.05) is 26.7 Å². The molecule has 3 fully saturated rings. The summed E-state index contributed by atoms with van der Waals surface area (Å²) in [7, 11) is 3.62. The number of piperidine rings is 3. The van der Waals surface area contributed by atoms with Crippen LogP contribution in [0.25, 0.3) is 0 Å². The van der Waals surface area contributed by atoms with Crippen LogP contribution in [-0.2, 0) is 7.05 Å². The highest BCUT2D eigenvalue weighted by Crippen LogP contribution is 2.44. The number of fused-ring (bicyclic) bond motifs is 4. The Labute approximate surface area is 178 Å². The van der Waals surface area contributed by atoms with E-state index in [1.54, 1.807) is 18.0 Å². The molecule has 6 nitrogen and oxygen atoms in total. The van der Waals surface area contributed by atoms with Gasteiger partial charge in [0.05, 0.1) is 18.9 Å². The molecular formula is C24H32N4O2. The Morgan fingerprint density at radius 1 is 1.13 bits per heavy atom. The fourth-order valence-electron chi connectivity index (χ4n) is 6.04. The number of hydrogen-bond acceptors (Lipinski definition) is 4. The zero-order valence-corrected chi connectivity index (χ0v) is 18.3. The van der Waals surface area contributed by atoms with Crippen molar-refractivity contribution in [2.45, 2.75) is 44.7 Å². The molecule has 5 rings (SSSR count). The molecule has 0 aliphatic carbocycles. The number of amides is 1. The highest BCUT2D eigenvalue weighted by molar-refractivity contribution is 5.95. The van der Waals surface area contributed by atoms with E-state index in [-0.39, 0.29) is 5.91 Å². The lowest BCUT2D eigenvalue weighted by Crippen LogP contribution is -2.60. The van der Waals surface area contributed by atoms with E-state index in [1.165, 1.54) is 31.2 Å². The first-order chi connectivity index (χ1) is 14.5. The maximum atomic E-state index is 13.2. The number of ether oxygens (including phenoxy) is 1. The van der Waals surface area contributed by atoms with Crippen LogP contribution >= 0.6 is 0 Å². The number of benzene rings is 1. The molecule has 3 aliphatic rings. The Kier molecular flexibility index (Phi) is 5.05. The van der Waals surface area contributed by atoms with Crippen molar-refractivity contribution < 1.29 is 9.53 Å². The highest BCUT2D eigenvalue weighted by Gasteiger charge is 2.46. The molecule has 0 radical (unpaired) electrons. The van der Waals surface area contributed by atoms with Crippen LogP contribution in [0.15, 0.2) is 30.5 Å². The van der Waals surface area contributed by atoms with Crippen molar-refractivity contribution in [3.05, 3.63) is 47.3 Å². The molecule has 3 saturated heterocycles. The average molecular weight is 409 g/mol. The highest BCUT2D eigenvalue weighted by atomic mass is 16.5. The predicted octanol–water partition coefficient (Wildman–Crippen LogP) is 3.42. The molecular weight excluding hydrogens is 376 g/mol. The summed E-state index contributed by atoms with van der Waals surface area (Å²) in [6.45, 7) is 4.81. The number of hydrogen-bond donors (Lipinski definition) is 0. The van der Waals surface area contributed by atoms with Crippen molar-refractivity contribution in [3.63, 3.8) is 0 Å². The van der Waals surface area contributed by atoms with E-state index in [4.69, 9.17) is 4.74 Å². The number of methoxy groups -OCH3 is 1. The van der Waals surface area contributed by atoms with Crippen molar-refractivity contribution in [1.82, 2.24) is 19.6 Å². The number of aromatic nitrogens is 2. The summed E-state index contributed by atoms with van der Waals surface area (Å²) < 4.78 is 7.14. The normalized spacial score (nSPS) is 28.8. The topological polar surface area (TPSA) is 50.6 Å². The Morgan fingerprint density at radius 3 is 2.63 bits per heavy atom. The van der Waals surface area contributed by atoms with Crippen LogP contribution in [0.3, 0.4) is 0 Å². The Morgan fingerprint density at radius 2 is 1.93 bits per heavy atom. The van der Waals surface area contributed by atoms with Gasteiger partial charge in [0.25, 0.3) is 5.91 Å². The van der Waals surface area contributed by atoms with E-state index in [1.807, 2.05) is 14.0 Å². The van der Waals surface area contributed by atoms with Gasteiger partial charge in [-0.1, -0.05) is 12.1 Å². The van der Waals surface area contributed by atoms with E-state index in [2.05, 4.69) is 39.2 Å². The number of likely N-dealkylation sites (tertiary alicyclic amines) is 1. The lowest BCUT2D eigenvalue weighted by atomic mass is 9.74. The summed E-state index contributed by atoms with van der Waals surface area (Å²) in [5.74, 6) is 2.20. The van der Waals surface area contributed by atoms with Gasteiger partial charge in [0, 0.05) is 44.5 Å². The van der Waals surface area contributed by atoms with Gasteiger partial charge in [-0.25, -0.2) is 0 Å². The van der Waals surface area contributed by atoms with Crippen LogP contribution in [0, 0.1) is 18.8 Å². The second-order valence-electron chi connectivity index (χ2n) is 9.32. The molecule has 4 heterocycles. The van der Waals surface area contributed by atoms with Gasteiger partial charge in [-0.15, -0.1) is 0 Å². The van der Waals surface area contributed by atoms with Gasteiger partial charge in [0.15, 0.2) is 0 Å². The number of rotatable bonds is 3. The van der Waals surface area contributed by atoms with Crippen LogP contribution < -0.4 is 4.74 Å². The third-order valence-electron chi connectivity index (χ3n) is 7.64. The lowest BCUT2D eigenvalue weighted by Gasteiger charge is -2.55. The molecule has 160 valence electrons. The van der Waals surface area contributed by atoms with Crippen LogP contribution in [0.4, 0.5) is 0 Å².